The molecule has 1 fully saturated rings. The second-order valence-electron chi connectivity index (χ2n) is 5.29. The van der Waals surface area contributed by atoms with Crippen molar-refractivity contribution in [3.63, 3.8) is 0 Å². The smallest absolute Gasteiger partial charge is 0.306 e. The molecule has 0 bridgehead atoms. The molecule has 1 aliphatic rings. The molecule has 1 rings (SSSR count). The Morgan fingerprint density at radius 3 is 2.72 bits per heavy atom. The summed E-state index contributed by atoms with van der Waals surface area (Å²) in [5.74, 6) is 0.584. The summed E-state index contributed by atoms with van der Waals surface area (Å²) in [6, 6.07) is 0. The highest BCUT2D eigenvalue weighted by molar-refractivity contribution is 5.84. The molecule has 104 valence electrons. The van der Waals surface area contributed by atoms with Crippen LogP contribution in [0.4, 0.5) is 0 Å². The van der Waals surface area contributed by atoms with E-state index in [0.717, 1.165) is 25.7 Å². The number of hydrogen-bond donors (Lipinski definition) is 0. The van der Waals surface area contributed by atoms with Crippen molar-refractivity contribution in [2.45, 2.75) is 65.2 Å². The average molecular weight is 254 g/mol. The molecular weight excluding hydrogens is 228 g/mol. The molecule has 0 aromatic carbocycles. The number of esters is 1. The Morgan fingerprint density at radius 2 is 2.06 bits per heavy atom. The van der Waals surface area contributed by atoms with Gasteiger partial charge in [0.15, 0.2) is 0 Å². The predicted octanol–water partition coefficient (Wildman–Crippen LogP) is 3.51. The van der Waals surface area contributed by atoms with Gasteiger partial charge in [-0.2, -0.15) is 0 Å². The quantitative estimate of drug-likeness (QED) is 0.492. The SMILES string of the molecule is CCCCC[C@H]1C(=O)CC[C@H]1CC(=O)OCCC. The van der Waals surface area contributed by atoms with Crippen LogP contribution in [0.1, 0.15) is 65.2 Å². The third kappa shape index (κ3) is 4.79. The largest absolute Gasteiger partial charge is 0.466 e. The first-order valence-electron chi connectivity index (χ1n) is 7.37. The molecule has 1 saturated carbocycles. The van der Waals surface area contributed by atoms with Crippen LogP contribution in [0.5, 0.6) is 0 Å². The van der Waals surface area contributed by atoms with Crippen molar-refractivity contribution >= 4 is 11.8 Å². The molecule has 1 aliphatic carbocycles. The molecule has 0 unspecified atom stereocenters. The van der Waals surface area contributed by atoms with Crippen molar-refractivity contribution in [3.8, 4) is 0 Å². The van der Waals surface area contributed by atoms with E-state index in [1.165, 1.54) is 12.8 Å². The van der Waals surface area contributed by atoms with Crippen LogP contribution in [0.25, 0.3) is 0 Å². The zero-order valence-electron chi connectivity index (χ0n) is 11.7. The van der Waals surface area contributed by atoms with Crippen LogP contribution >= 0.6 is 0 Å². The topological polar surface area (TPSA) is 43.4 Å². The highest BCUT2D eigenvalue weighted by Gasteiger charge is 2.35. The summed E-state index contributed by atoms with van der Waals surface area (Å²) in [6.45, 7) is 4.65. The second-order valence-corrected chi connectivity index (χ2v) is 5.29. The van der Waals surface area contributed by atoms with Crippen LogP contribution in [0.3, 0.4) is 0 Å². The molecule has 18 heavy (non-hydrogen) atoms. The number of unbranched alkanes of at least 4 members (excludes halogenated alkanes) is 2. The lowest BCUT2D eigenvalue weighted by Crippen LogP contribution is -2.19. The van der Waals surface area contributed by atoms with E-state index in [-0.39, 0.29) is 17.8 Å². The minimum absolute atomic E-state index is 0.116. The Bertz CT molecular complexity index is 273. The molecule has 0 spiro atoms. The summed E-state index contributed by atoms with van der Waals surface area (Å²) in [7, 11) is 0. The number of carbonyl (C=O) groups excluding carboxylic acids is 2. The van der Waals surface area contributed by atoms with E-state index in [1.807, 2.05) is 6.92 Å². The van der Waals surface area contributed by atoms with Gasteiger partial charge >= 0.3 is 5.97 Å². The zero-order valence-corrected chi connectivity index (χ0v) is 11.7. The maximum atomic E-state index is 11.8. The van der Waals surface area contributed by atoms with Crippen LogP contribution in [0, 0.1) is 11.8 Å². The minimum Gasteiger partial charge on any atom is -0.466 e. The highest BCUT2D eigenvalue weighted by Crippen LogP contribution is 2.35. The summed E-state index contributed by atoms with van der Waals surface area (Å²) in [5.41, 5.74) is 0. The van der Waals surface area contributed by atoms with Gasteiger partial charge in [0.05, 0.1) is 6.61 Å². The normalized spacial score (nSPS) is 23.3. The van der Waals surface area contributed by atoms with E-state index in [0.29, 0.717) is 25.2 Å². The fourth-order valence-corrected chi connectivity index (χ4v) is 2.72. The van der Waals surface area contributed by atoms with Crippen molar-refractivity contribution in [2.75, 3.05) is 6.61 Å². The molecule has 0 heterocycles. The third-order valence-electron chi connectivity index (χ3n) is 3.76. The lowest BCUT2D eigenvalue weighted by Gasteiger charge is -2.17. The maximum absolute atomic E-state index is 11.8. The summed E-state index contributed by atoms with van der Waals surface area (Å²) in [6.07, 6.45) is 7.23. The van der Waals surface area contributed by atoms with Gasteiger partial charge < -0.3 is 4.74 Å². The van der Waals surface area contributed by atoms with Crippen LogP contribution in [-0.4, -0.2) is 18.4 Å². The van der Waals surface area contributed by atoms with E-state index in [1.54, 1.807) is 0 Å². The van der Waals surface area contributed by atoms with Gasteiger partial charge in [0, 0.05) is 18.8 Å². The predicted molar refractivity (Wildman–Crippen MR) is 71.2 cm³/mol. The molecule has 0 aromatic heterocycles. The average Bonchev–Trinajstić information content (AvgIpc) is 2.69. The lowest BCUT2D eigenvalue weighted by atomic mass is 9.88. The van der Waals surface area contributed by atoms with Crippen LogP contribution in [0.15, 0.2) is 0 Å². The standard InChI is InChI=1S/C15H26O3/c1-3-5-6-7-13-12(8-9-14(13)16)11-15(17)18-10-4-2/h12-13H,3-11H2,1-2H3/t12-,13+/m0/s1. The van der Waals surface area contributed by atoms with Crippen molar-refractivity contribution in [2.24, 2.45) is 11.8 Å². The number of carbonyl (C=O) groups is 2. The molecule has 0 N–H and O–H groups in total. The van der Waals surface area contributed by atoms with Gasteiger partial charge in [-0.1, -0.05) is 33.1 Å². The Balaban J connectivity index is 2.37. The molecular formula is C15H26O3. The van der Waals surface area contributed by atoms with Gasteiger partial charge in [0.25, 0.3) is 0 Å². The van der Waals surface area contributed by atoms with E-state index >= 15 is 0 Å². The van der Waals surface area contributed by atoms with Crippen LogP contribution < -0.4 is 0 Å². The van der Waals surface area contributed by atoms with E-state index in [4.69, 9.17) is 4.74 Å². The molecule has 0 saturated heterocycles. The first kappa shape index (κ1) is 15.2. The zero-order chi connectivity index (χ0) is 13.4. The van der Waals surface area contributed by atoms with E-state index in [2.05, 4.69) is 6.92 Å². The lowest BCUT2D eigenvalue weighted by molar-refractivity contribution is -0.145. The van der Waals surface area contributed by atoms with Gasteiger partial charge in [0.1, 0.15) is 5.78 Å². The summed E-state index contributed by atoms with van der Waals surface area (Å²) < 4.78 is 5.11. The molecule has 3 nitrogen and oxygen atoms in total. The van der Waals surface area contributed by atoms with Gasteiger partial charge in [-0.05, 0) is 25.2 Å². The van der Waals surface area contributed by atoms with Gasteiger partial charge in [-0.3, -0.25) is 9.59 Å². The third-order valence-corrected chi connectivity index (χ3v) is 3.76. The van der Waals surface area contributed by atoms with Crippen molar-refractivity contribution in [3.05, 3.63) is 0 Å². The van der Waals surface area contributed by atoms with Crippen molar-refractivity contribution in [1.29, 1.82) is 0 Å². The van der Waals surface area contributed by atoms with Crippen molar-refractivity contribution in [1.82, 2.24) is 0 Å². The van der Waals surface area contributed by atoms with Gasteiger partial charge in [-0.15, -0.1) is 0 Å². The van der Waals surface area contributed by atoms with Gasteiger partial charge in [-0.25, -0.2) is 0 Å². The molecule has 2 atom stereocenters. The fraction of sp³-hybridized carbons (Fsp3) is 0.867. The number of rotatable bonds is 8. The second kappa shape index (κ2) is 8.28. The molecule has 0 amide bonds. The van der Waals surface area contributed by atoms with Crippen LogP contribution in [-0.2, 0) is 14.3 Å². The maximum Gasteiger partial charge on any atom is 0.306 e. The number of Topliss-reactive ketones (excluding diaryl/α,β-unsaturated/α-hetero) is 1. The Hall–Kier alpha value is -0.860. The number of ketones is 1. The van der Waals surface area contributed by atoms with Crippen molar-refractivity contribution < 1.29 is 14.3 Å². The Morgan fingerprint density at radius 1 is 1.28 bits per heavy atom. The monoisotopic (exact) mass is 254 g/mol. The summed E-state index contributed by atoms with van der Waals surface area (Å²) in [4.78, 5) is 23.4. The Kier molecular flexibility index (Phi) is 6.99. The highest BCUT2D eigenvalue weighted by atomic mass is 16.5. The van der Waals surface area contributed by atoms with E-state index < -0.39 is 0 Å². The molecule has 0 aliphatic heterocycles. The molecule has 0 aromatic rings. The fourth-order valence-electron chi connectivity index (χ4n) is 2.72. The number of hydrogen-bond acceptors (Lipinski definition) is 3. The summed E-state index contributed by atoms with van der Waals surface area (Å²) in [5, 5.41) is 0. The summed E-state index contributed by atoms with van der Waals surface area (Å²) >= 11 is 0. The first-order valence-corrected chi connectivity index (χ1v) is 7.37. The van der Waals surface area contributed by atoms with Crippen LogP contribution in [0.2, 0.25) is 0 Å². The molecule has 0 radical (unpaired) electrons. The Labute approximate surface area is 110 Å². The van der Waals surface area contributed by atoms with E-state index in [9.17, 15) is 9.59 Å². The first-order chi connectivity index (χ1) is 8.69. The minimum atomic E-state index is -0.128. The molecule has 3 heteroatoms. The number of ether oxygens (including phenoxy) is 1. The van der Waals surface area contributed by atoms with Gasteiger partial charge in [0.2, 0.25) is 0 Å².